The fourth-order valence-corrected chi connectivity index (χ4v) is 4.24. The Morgan fingerprint density at radius 3 is 2.22 bits per heavy atom. The summed E-state index contributed by atoms with van der Waals surface area (Å²) in [6.45, 7) is 16.6. The van der Waals surface area contributed by atoms with Crippen molar-refractivity contribution in [2.45, 2.75) is 72.1 Å². The van der Waals surface area contributed by atoms with Crippen molar-refractivity contribution in [2.24, 2.45) is 5.41 Å². The smallest absolute Gasteiger partial charge is 0.00590 e. The summed E-state index contributed by atoms with van der Waals surface area (Å²) in [6, 6.07) is 7.05. The maximum absolute atomic E-state index is 2.46. The zero-order valence-electron chi connectivity index (χ0n) is 13.1. The molecule has 1 aliphatic rings. The van der Waals surface area contributed by atoms with E-state index in [0.29, 0.717) is 16.2 Å². The molecule has 0 saturated heterocycles. The molecule has 0 aromatic heterocycles. The van der Waals surface area contributed by atoms with E-state index < -0.39 is 0 Å². The van der Waals surface area contributed by atoms with Gasteiger partial charge >= 0.3 is 0 Å². The molecule has 0 amide bonds. The molecule has 1 unspecified atom stereocenters. The highest BCUT2D eigenvalue weighted by molar-refractivity contribution is 5.46. The average Bonchev–Trinajstić information content (AvgIpc) is 2.30. The van der Waals surface area contributed by atoms with Gasteiger partial charge in [0.1, 0.15) is 0 Å². The van der Waals surface area contributed by atoms with E-state index in [1.54, 1.807) is 11.1 Å². The Morgan fingerprint density at radius 1 is 1.06 bits per heavy atom. The van der Waals surface area contributed by atoms with Gasteiger partial charge in [-0.15, -0.1) is 0 Å². The Bertz CT molecular complexity index is 455. The lowest BCUT2D eigenvalue weighted by atomic mass is 9.70. The van der Waals surface area contributed by atoms with Crippen LogP contribution in [0.4, 0.5) is 0 Å². The van der Waals surface area contributed by atoms with Crippen molar-refractivity contribution in [2.75, 3.05) is 0 Å². The lowest BCUT2D eigenvalue weighted by molar-refractivity contribution is 0.245. The van der Waals surface area contributed by atoms with Gasteiger partial charge in [-0.25, -0.2) is 0 Å². The first-order valence-corrected chi connectivity index (χ1v) is 7.15. The molecule has 0 bridgehead atoms. The van der Waals surface area contributed by atoms with Crippen LogP contribution in [0.3, 0.4) is 0 Å². The minimum absolute atomic E-state index is 0.322. The molecule has 0 nitrogen and oxygen atoms in total. The van der Waals surface area contributed by atoms with Crippen molar-refractivity contribution < 1.29 is 0 Å². The molecule has 2 rings (SSSR count). The van der Waals surface area contributed by atoms with Gasteiger partial charge in [0.2, 0.25) is 0 Å². The fourth-order valence-electron chi connectivity index (χ4n) is 4.24. The Hall–Kier alpha value is -0.780. The predicted octanol–water partition coefficient (Wildman–Crippen LogP) is 5.37. The van der Waals surface area contributed by atoms with E-state index in [0.717, 1.165) is 0 Å². The highest BCUT2D eigenvalue weighted by Crippen LogP contribution is 2.53. The summed E-state index contributed by atoms with van der Waals surface area (Å²) in [5.41, 5.74) is 5.61. The van der Waals surface area contributed by atoms with E-state index in [1.807, 2.05) is 0 Å². The third kappa shape index (κ3) is 2.35. The summed E-state index contributed by atoms with van der Waals surface area (Å²) in [5, 5.41) is 0. The second-order valence-corrected chi connectivity index (χ2v) is 8.41. The topological polar surface area (TPSA) is 0 Å². The van der Waals surface area contributed by atoms with Crippen LogP contribution >= 0.6 is 0 Å². The highest BCUT2D eigenvalue weighted by Gasteiger charge is 2.45. The number of hydrogen-bond acceptors (Lipinski definition) is 0. The van der Waals surface area contributed by atoms with Crippen molar-refractivity contribution >= 4 is 0 Å². The molecular formula is C18H28. The number of benzene rings is 1. The molecule has 1 aliphatic carbocycles. The van der Waals surface area contributed by atoms with Crippen LogP contribution in [-0.4, -0.2) is 0 Å². The van der Waals surface area contributed by atoms with Crippen LogP contribution in [0.25, 0.3) is 0 Å². The minimum atomic E-state index is 0.322. The number of aryl methyl sites for hydroxylation is 1. The summed E-state index contributed by atoms with van der Waals surface area (Å²) in [7, 11) is 0. The van der Waals surface area contributed by atoms with E-state index >= 15 is 0 Å². The first-order valence-electron chi connectivity index (χ1n) is 7.15. The lowest BCUT2D eigenvalue weighted by Crippen LogP contribution is -2.27. The summed E-state index contributed by atoms with van der Waals surface area (Å²) >= 11 is 0. The minimum Gasteiger partial charge on any atom is -0.0601 e. The van der Waals surface area contributed by atoms with Gasteiger partial charge in [-0.05, 0) is 47.1 Å². The lowest BCUT2D eigenvalue weighted by Gasteiger charge is -2.34. The van der Waals surface area contributed by atoms with Crippen molar-refractivity contribution in [3.63, 3.8) is 0 Å². The first-order chi connectivity index (χ1) is 8.04. The highest BCUT2D eigenvalue weighted by atomic mass is 14.5. The zero-order valence-corrected chi connectivity index (χ0v) is 13.1. The zero-order chi connectivity index (χ0) is 13.8. The molecule has 0 N–H and O–H groups in total. The van der Waals surface area contributed by atoms with Crippen LogP contribution in [0.1, 0.15) is 71.1 Å². The van der Waals surface area contributed by atoms with Gasteiger partial charge in [0.25, 0.3) is 0 Å². The molecule has 1 atom stereocenters. The Morgan fingerprint density at radius 2 is 1.67 bits per heavy atom. The summed E-state index contributed by atoms with van der Waals surface area (Å²) in [5.74, 6) is 0. The standard InChI is InChI=1S/C18H28/c1-13-8-9-14-15(10-13)18(7,11-16(2,3)4)12-17(14,5)6/h8-10H,11-12H2,1-7H3. The molecule has 0 aliphatic heterocycles. The normalized spacial score (nSPS) is 26.2. The molecule has 18 heavy (non-hydrogen) atoms. The quantitative estimate of drug-likeness (QED) is 0.623. The van der Waals surface area contributed by atoms with Crippen molar-refractivity contribution in [1.29, 1.82) is 0 Å². The van der Waals surface area contributed by atoms with Gasteiger partial charge in [0.15, 0.2) is 0 Å². The molecule has 0 fully saturated rings. The van der Waals surface area contributed by atoms with Crippen LogP contribution in [0.2, 0.25) is 0 Å². The van der Waals surface area contributed by atoms with E-state index in [4.69, 9.17) is 0 Å². The van der Waals surface area contributed by atoms with Gasteiger partial charge in [0, 0.05) is 0 Å². The molecule has 0 radical (unpaired) electrons. The Labute approximate surface area is 113 Å². The summed E-state index contributed by atoms with van der Waals surface area (Å²) in [4.78, 5) is 0. The van der Waals surface area contributed by atoms with E-state index in [-0.39, 0.29) is 0 Å². The maximum Gasteiger partial charge on any atom is -0.00590 e. The predicted molar refractivity (Wildman–Crippen MR) is 80.2 cm³/mol. The molecular weight excluding hydrogens is 216 g/mol. The summed E-state index contributed by atoms with van der Waals surface area (Å²) in [6.07, 6.45) is 2.54. The van der Waals surface area contributed by atoms with Crippen LogP contribution in [0, 0.1) is 12.3 Å². The van der Waals surface area contributed by atoms with Crippen LogP contribution in [-0.2, 0) is 10.8 Å². The van der Waals surface area contributed by atoms with Gasteiger partial charge in [-0.1, -0.05) is 65.3 Å². The van der Waals surface area contributed by atoms with E-state index in [2.05, 4.69) is 66.7 Å². The maximum atomic E-state index is 2.46. The Kier molecular flexibility index (Phi) is 2.92. The average molecular weight is 244 g/mol. The number of rotatable bonds is 1. The van der Waals surface area contributed by atoms with Crippen molar-refractivity contribution in [3.8, 4) is 0 Å². The van der Waals surface area contributed by atoms with Crippen LogP contribution < -0.4 is 0 Å². The number of fused-ring (bicyclic) bond motifs is 1. The molecule has 1 aromatic rings. The van der Waals surface area contributed by atoms with Gasteiger partial charge in [-0.2, -0.15) is 0 Å². The van der Waals surface area contributed by atoms with E-state index in [1.165, 1.54) is 18.4 Å². The van der Waals surface area contributed by atoms with Gasteiger partial charge in [0.05, 0.1) is 0 Å². The Balaban J connectivity index is 2.52. The monoisotopic (exact) mass is 244 g/mol. The third-order valence-corrected chi connectivity index (χ3v) is 4.31. The van der Waals surface area contributed by atoms with Crippen LogP contribution in [0.15, 0.2) is 18.2 Å². The first kappa shape index (κ1) is 13.6. The van der Waals surface area contributed by atoms with Gasteiger partial charge < -0.3 is 0 Å². The van der Waals surface area contributed by atoms with Gasteiger partial charge in [-0.3, -0.25) is 0 Å². The molecule has 0 heterocycles. The fraction of sp³-hybridized carbons (Fsp3) is 0.667. The molecule has 1 aromatic carbocycles. The second-order valence-electron chi connectivity index (χ2n) is 8.41. The third-order valence-electron chi connectivity index (χ3n) is 4.31. The molecule has 0 heteroatoms. The largest absolute Gasteiger partial charge is 0.0601 e. The molecule has 100 valence electrons. The molecule has 0 saturated carbocycles. The second kappa shape index (κ2) is 3.85. The SMILES string of the molecule is Cc1ccc2c(c1)C(C)(CC(C)(C)C)CC2(C)C. The van der Waals surface area contributed by atoms with Crippen molar-refractivity contribution in [1.82, 2.24) is 0 Å². The number of hydrogen-bond donors (Lipinski definition) is 0. The summed E-state index contributed by atoms with van der Waals surface area (Å²) < 4.78 is 0. The van der Waals surface area contributed by atoms with Crippen molar-refractivity contribution in [3.05, 3.63) is 34.9 Å². The molecule has 0 spiro atoms. The van der Waals surface area contributed by atoms with E-state index in [9.17, 15) is 0 Å². The van der Waals surface area contributed by atoms with Crippen LogP contribution in [0.5, 0.6) is 0 Å².